The zero-order chi connectivity index (χ0) is 8.97. The fourth-order valence-electron chi connectivity index (χ4n) is 1.58. The standard InChI is InChI=1S/C9H17NO2/c1-2-7(5-10)9(11)8-3-4-12-6-8/h7-8H,2-6,10H2,1H3. The normalized spacial score (nSPS) is 25.7. The van der Waals surface area contributed by atoms with Crippen molar-refractivity contribution in [2.45, 2.75) is 19.8 Å². The van der Waals surface area contributed by atoms with Crippen LogP contribution in [-0.4, -0.2) is 25.5 Å². The third kappa shape index (κ3) is 2.05. The third-order valence-corrected chi connectivity index (χ3v) is 2.51. The summed E-state index contributed by atoms with van der Waals surface area (Å²) in [6.45, 7) is 3.82. The highest BCUT2D eigenvalue weighted by molar-refractivity contribution is 5.83. The van der Waals surface area contributed by atoms with Gasteiger partial charge in [-0.25, -0.2) is 0 Å². The highest BCUT2D eigenvalue weighted by Gasteiger charge is 2.27. The van der Waals surface area contributed by atoms with Gasteiger partial charge in [0.25, 0.3) is 0 Å². The fraction of sp³-hybridized carbons (Fsp3) is 0.889. The molecule has 0 spiro atoms. The van der Waals surface area contributed by atoms with Crippen LogP contribution >= 0.6 is 0 Å². The van der Waals surface area contributed by atoms with Crippen LogP contribution in [0, 0.1) is 11.8 Å². The summed E-state index contributed by atoms with van der Waals surface area (Å²) in [4.78, 5) is 11.6. The van der Waals surface area contributed by atoms with E-state index in [1.807, 2.05) is 6.92 Å². The van der Waals surface area contributed by atoms with Crippen LogP contribution in [-0.2, 0) is 9.53 Å². The fourth-order valence-corrected chi connectivity index (χ4v) is 1.58. The topological polar surface area (TPSA) is 52.3 Å². The van der Waals surface area contributed by atoms with Crippen molar-refractivity contribution in [3.63, 3.8) is 0 Å². The second kappa shape index (κ2) is 4.58. The van der Waals surface area contributed by atoms with Crippen molar-refractivity contribution in [3.05, 3.63) is 0 Å². The van der Waals surface area contributed by atoms with E-state index in [1.54, 1.807) is 0 Å². The van der Waals surface area contributed by atoms with E-state index in [0.29, 0.717) is 18.9 Å². The average Bonchev–Trinajstić information content (AvgIpc) is 2.58. The molecule has 0 bridgehead atoms. The molecule has 1 rings (SSSR count). The highest BCUT2D eigenvalue weighted by Crippen LogP contribution is 2.18. The first kappa shape index (κ1) is 9.68. The molecule has 0 aromatic heterocycles. The number of ether oxygens (including phenoxy) is 1. The first-order chi connectivity index (χ1) is 5.79. The maximum absolute atomic E-state index is 11.6. The molecule has 0 aromatic carbocycles. The quantitative estimate of drug-likeness (QED) is 0.673. The number of nitrogens with two attached hydrogens (primary N) is 1. The molecule has 12 heavy (non-hydrogen) atoms. The second-order valence-corrected chi connectivity index (χ2v) is 3.30. The van der Waals surface area contributed by atoms with E-state index in [9.17, 15) is 4.79 Å². The van der Waals surface area contributed by atoms with Gasteiger partial charge in [-0.15, -0.1) is 0 Å². The Bertz CT molecular complexity index is 145. The molecule has 0 radical (unpaired) electrons. The molecule has 2 atom stereocenters. The van der Waals surface area contributed by atoms with Crippen LogP contribution in [0.5, 0.6) is 0 Å². The van der Waals surface area contributed by atoms with Crippen LogP contribution in [0.4, 0.5) is 0 Å². The van der Waals surface area contributed by atoms with E-state index < -0.39 is 0 Å². The molecule has 1 saturated heterocycles. The number of carbonyl (C=O) groups excluding carboxylic acids is 1. The molecule has 0 aromatic rings. The van der Waals surface area contributed by atoms with Crippen LogP contribution in [0.25, 0.3) is 0 Å². The molecule has 0 amide bonds. The Labute approximate surface area is 73.3 Å². The van der Waals surface area contributed by atoms with E-state index in [2.05, 4.69) is 0 Å². The van der Waals surface area contributed by atoms with Crippen molar-refractivity contribution in [1.82, 2.24) is 0 Å². The summed E-state index contributed by atoms with van der Waals surface area (Å²) >= 11 is 0. The van der Waals surface area contributed by atoms with E-state index in [0.717, 1.165) is 19.4 Å². The highest BCUT2D eigenvalue weighted by atomic mass is 16.5. The molecule has 1 heterocycles. The van der Waals surface area contributed by atoms with Crippen molar-refractivity contribution in [2.24, 2.45) is 17.6 Å². The summed E-state index contributed by atoms with van der Waals surface area (Å²) in [6, 6.07) is 0. The molecule has 0 aliphatic carbocycles. The molecule has 3 nitrogen and oxygen atoms in total. The Hall–Kier alpha value is -0.410. The van der Waals surface area contributed by atoms with Gasteiger partial charge in [0.2, 0.25) is 0 Å². The lowest BCUT2D eigenvalue weighted by molar-refractivity contribution is -0.126. The van der Waals surface area contributed by atoms with Gasteiger partial charge >= 0.3 is 0 Å². The number of rotatable bonds is 4. The number of ketones is 1. The SMILES string of the molecule is CCC(CN)C(=O)C1CCOC1. The Morgan fingerprint density at radius 3 is 2.92 bits per heavy atom. The van der Waals surface area contributed by atoms with Crippen molar-refractivity contribution in [2.75, 3.05) is 19.8 Å². The third-order valence-electron chi connectivity index (χ3n) is 2.51. The number of carbonyl (C=O) groups is 1. The lowest BCUT2D eigenvalue weighted by Crippen LogP contribution is -2.29. The Balaban J connectivity index is 2.43. The van der Waals surface area contributed by atoms with E-state index >= 15 is 0 Å². The van der Waals surface area contributed by atoms with Crippen LogP contribution in [0.1, 0.15) is 19.8 Å². The van der Waals surface area contributed by atoms with Crippen LogP contribution in [0.3, 0.4) is 0 Å². The lowest BCUT2D eigenvalue weighted by Gasteiger charge is -2.14. The smallest absolute Gasteiger partial charge is 0.142 e. The summed E-state index contributed by atoms with van der Waals surface area (Å²) in [5, 5.41) is 0. The zero-order valence-electron chi connectivity index (χ0n) is 7.58. The summed E-state index contributed by atoms with van der Waals surface area (Å²) in [6.07, 6.45) is 1.74. The van der Waals surface area contributed by atoms with Gasteiger partial charge in [-0.3, -0.25) is 4.79 Å². The molecule has 0 saturated carbocycles. The predicted molar refractivity (Wildman–Crippen MR) is 46.8 cm³/mol. The van der Waals surface area contributed by atoms with Gasteiger partial charge in [-0.05, 0) is 12.8 Å². The Kier molecular flexibility index (Phi) is 3.69. The van der Waals surface area contributed by atoms with Crippen molar-refractivity contribution < 1.29 is 9.53 Å². The van der Waals surface area contributed by atoms with Gasteiger partial charge in [0.1, 0.15) is 5.78 Å². The minimum atomic E-state index is 0.0525. The molecule has 2 unspecified atom stereocenters. The summed E-state index contributed by atoms with van der Waals surface area (Å²) in [7, 11) is 0. The second-order valence-electron chi connectivity index (χ2n) is 3.30. The first-order valence-corrected chi connectivity index (χ1v) is 4.61. The Morgan fingerprint density at radius 2 is 2.50 bits per heavy atom. The zero-order valence-corrected chi connectivity index (χ0v) is 7.58. The minimum absolute atomic E-state index is 0.0525. The van der Waals surface area contributed by atoms with Crippen molar-refractivity contribution >= 4 is 5.78 Å². The number of Topliss-reactive ketones (excluding diaryl/α,β-unsaturated/α-hetero) is 1. The van der Waals surface area contributed by atoms with E-state index in [1.165, 1.54) is 0 Å². The van der Waals surface area contributed by atoms with Gasteiger partial charge < -0.3 is 10.5 Å². The van der Waals surface area contributed by atoms with Gasteiger partial charge in [0, 0.05) is 25.0 Å². The maximum atomic E-state index is 11.6. The predicted octanol–water partition coefficient (Wildman–Crippen LogP) is 0.577. The molecular formula is C9H17NO2. The molecule has 3 heteroatoms. The minimum Gasteiger partial charge on any atom is -0.381 e. The maximum Gasteiger partial charge on any atom is 0.142 e. The number of hydrogen-bond donors (Lipinski definition) is 1. The Morgan fingerprint density at radius 1 is 1.75 bits per heavy atom. The molecule has 1 aliphatic heterocycles. The summed E-state index contributed by atoms with van der Waals surface area (Å²) in [5.74, 6) is 0.479. The van der Waals surface area contributed by atoms with Gasteiger partial charge in [-0.2, -0.15) is 0 Å². The van der Waals surface area contributed by atoms with Crippen LogP contribution in [0.15, 0.2) is 0 Å². The molecule has 1 fully saturated rings. The molecule has 70 valence electrons. The molecular weight excluding hydrogens is 154 g/mol. The van der Waals surface area contributed by atoms with E-state index in [-0.39, 0.29) is 11.8 Å². The largest absolute Gasteiger partial charge is 0.381 e. The van der Waals surface area contributed by atoms with Gasteiger partial charge in [-0.1, -0.05) is 6.92 Å². The molecule has 1 aliphatic rings. The van der Waals surface area contributed by atoms with Crippen LogP contribution in [0.2, 0.25) is 0 Å². The lowest BCUT2D eigenvalue weighted by atomic mass is 9.90. The van der Waals surface area contributed by atoms with Gasteiger partial charge in [0.05, 0.1) is 6.61 Å². The van der Waals surface area contributed by atoms with Crippen molar-refractivity contribution in [1.29, 1.82) is 0 Å². The number of hydrogen-bond acceptors (Lipinski definition) is 3. The van der Waals surface area contributed by atoms with Crippen molar-refractivity contribution in [3.8, 4) is 0 Å². The average molecular weight is 171 g/mol. The summed E-state index contributed by atoms with van der Waals surface area (Å²) in [5.41, 5.74) is 5.49. The van der Waals surface area contributed by atoms with E-state index in [4.69, 9.17) is 10.5 Å². The first-order valence-electron chi connectivity index (χ1n) is 4.61. The van der Waals surface area contributed by atoms with Gasteiger partial charge in [0.15, 0.2) is 0 Å². The monoisotopic (exact) mass is 171 g/mol. The molecule has 2 N–H and O–H groups in total. The van der Waals surface area contributed by atoms with Crippen LogP contribution < -0.4 is 5.73 Å². The summed E-state index contributed by atoms with van der Waals surface area (Å²) < 4.78 is 5.16.